The van der Waals surface area contributed by atoms with Crippen molar-refractivity contribution in [1.82, 2.24) is 20.4 Å². The maximum atomic E-state index is 14.5. The Kier molecular flexibility index (Phi) is 7.27. The Morgan fingerprint density at radius 3 is 2.42 bits per heavy atom. The van der Waals surface area contributed by atoms with Crippen LogP contribution in [0.3, 0.4) is 0 Å². The van der Waals surface area contributed by atoms with Crippen LogP contribution in [0.15, 0.2) is 51.8 Å². The van der Waals surface area contributed by atoms with Crippen molar-refractivity contribution in [2.24, 2.45) is 0 Å². The Morgan fingerprint density at radius 1 is 1.13 bits per heavy atom. The third-order valence-electron chi connectivity index (χ3n) is 7.11. The molecule has 5 rings (SSSR count). The number of carbonyl (C=O) groups excluding carboxylic acids is 3. The second kappa shape index (κ2) is 10.1. The number of hydrogen-bond donors (Lipinski definition) is 2. The van der Waals surface area contributed by atoms with Gasteiger partial charge in [0.25, 0.3) is 0 Å². The SMILES string of the molecule is CC(=O)NC1CNC2(S(=O)(=O)c3ccc(Cl)cc3Cl)CN(C3CC3)C(=O)C(Cc3ccc(Br)cc3)N2C1=O. The molecule has 9 nitrogen and oxygen atoms in total. The van der Waals surface area contributed by atoms with Crippen molar-refractivity contribution < 1.29 is 22.8 Å². The summed E-state index contributed by atoms with van der Waals surface area (Å²) in [6, 6.07) is 9.00. The van der Waals surface area contributed by atoms with E-state index < -0.39 is 38.7 Å². The summed E-state index contributed by atoms with van der Waals surface area (Å²) in [6.07, 6.45) is 1.58. The van der Waals surface area contributed by atoms with E-state index in [0.29, 0.717) is 0 Å². The van der Waals surface area contributed by atoms with Gasteiger partial charge in [-0.1, -0.05) is 51.3 Å². The van der Waals surface area contributed by atoms with Gasteiger partial charge in [-0.15, -0.1) is 0 Å². The topological polar surface area (TPSA) is 116 Å². The molecule has 38 heavy (non-hydrogen) atoms. The third-order valence-corrected chi connectivity index (χ3v) is 10.6. The van der Waals surface area contributed by atoms with Crippen molar-refractivity contribution in [1.29, 1.82) is 0 Å². The zero-order chi connectivity index (χ0) is 27.4. The van der Waals surface area contributed by atoms with Crippen LogP contribution in [0.1, 0.15) is 25.3 Å². The lowest BCUT2D eigenvalue weighted by molar-refractivity contribution is -0.166. The molecule has 2 heterocycles. The van der Waals surface area contributed by atoms with Crippen molar-refractivity contribution >= 4 is 66.7 Å². The van der Waals surface area contributed by atoms with Gasteiger partial charge in [-0.25, -0.2) is 8.42 Å². The number of benzene rings is 2. The van der Waals surface area contributed by atoms with Crippen LogP contribution >= 0.6 is 39.1 Å². The predicted octanol–water partition coefficient (Wildman–Crippen LogP) is 2.74. The summed E-state index contributed by atoms with van der Waals surface area (Å²) in [7, 11) is -4.42. The largest absolute Gasteiger partial charge is 0.343 e. The molecule has 0 aromatic heterocycles. The average molecular weight is 644 g/mol. The van der Waals surface area contributed by atoms with Gasteiger partial charge in [-0.2, -0.15) is 0 Å². The molecule has 0 spiro atoms. The number of piperazine rings is 1. The van der Waals surface area contributed by atoms with E-state index in [1.165, 1.54) is 25.1 Å². The zero-order valence-electron chi connectivity index (χ0n) is 20.3. The molecule has 2 aliphatic heterocycles. The van der Waals surface area contributed by atoms with E-state index in [9.17, 15) is 22.8 Å². The Bertz CT molecular complexity index is 1420. The molecular formula is C25H25BrCl2N4O5S. The molecule has 13 heteroatoms. The van der Waals surface area contributed by atoms with Gasteiger partial charge in [-0.05, 0) is 48.7 Å². The molecule has 3 fully saturated rings. The highest BCUT2D eigenvalue weighted by molar-refractivity contribution is 9.10. The minimum absolute atomic E-state index is 0.0845. The van der Waals surface area contributed by atoms with Crippen LogP contribution in [-0.2, 0) is 30.6 Å². The van der Waals surface area contributed by atoms with Gasteiger partial charge in [0.1, 0.15) is 12.1 Å². The molecular weight excluding hydrogens is 619 g/mol. The number of hydrogen-bond acceptors (Lipinski definition) is 6. The molecule has 0 radical (unpaired) electrons. The van der Waals surface area contributed by atoms with E-state index in [2.05, 4.69) is 26.6 Å². The predicted molar refractivity (Wildman–Crippen MR) is 145 cm³/mol. The van der Waals surface area contributed by atoms with Crippen LogP contribution < -0.4 is 10.6 Å². The van der Waals surface area contributed by atoms with Crippen LogP contribution in [0.5, 0.6) is 0 Å². The van der Waals surface area contributed by atoms with Crippen molar-refractivity contribution in [2.75, 3.05) is 13.1 Å². The lowest BCUT2D eigenvalue weighted by Gasteiger charge is -2.56. The highest BCUT2D eigenvalue weighted by atomic mass is 79.9. The normalized spacial score (nSPS) is 25.8. The summed E-state index contributed by atoms with van der Waals surface area (Å²) in [4.78, 5) is 40.2. The van der Waals surface area contributed by atoms with Crippen LogP contribution in [0.25, 0.3) is 0 Å². The smallest absolute Gasteiger partial charge is 0.249 e. The van der Waals surface area contributed by atoms with E-state index in [4.69, 9.17) is 23.2 Å². The maximum Gasteiger partial charge on any atom is 0.249 e. The summed E-state index contributed by atoms with van der Waals surface area (Å²) < 4.78 is 29.8. The molecule has 3 amide bonds. The fourth-order valence-electron chi connectivity index (χ4n) is 5.19. The number of halogens is 3. The first-order chi connectivity index (χ1) is 17.9. The van der Waals surface area contributed by atoms with Gasteiger partial charge in [-0.3, -0.25) is 24.6 Å². The van der Waals surface area contributed by atoms with E-state index in [1.54, 1.807) is 4.90 Å². The molecule has 202 valence electrons. The van der Waals surface area contributed by atoms with E-state index >= 15 is 0 Å². The van der Waals surface area contributed by atoms with Crippen molar-refractivity contribution in [3.63, 3.8) is 0 Å². The Morgan fingerprint density at radius 2 is 1.82 bits per heavy atom. The molecule has 2 aromatic rings. The number of nitrogens with one attached hydrogen (secondary N) is 2. The molecule has 1 aliphatic carbocycles. The molecule has 3 unspecified atom stereocenters. The average Bonchev–Trinajstić information content (AvgIpc) is 3.68. The highest BCUT2D eigenvalue weighted by Crippen LogP contribution is 2.43. The van der Waals surface area contributed by atoms with Crippen molar-refractivity contribution in [2.45, 2.75) is 54.2 Å². The number of carbonyl (C=O) groups is 3. The molecule has 2 aromatic carbocycles. The van der Waals surface area contributed by atoms with Gasteiger partial charge in [0.05, 0.1) is 16.5 Å². The van der Waals surface area contributed by atoms with Gasteiger partial charge in [0, 0.05) is 35.4 Å². The van der Waals surface area contributed by atoms with Gasteiger partial charge in [0.15, 0.2) is 0 Å². The fraction of sp³-hybridized carbons (Fsp3) is 0.400. The van der Waals surface area contributed by atoms with Crippen LogP contribution in [0.4, 0.5) is 0 Å². The monoisotopic (exact) mass is 642 g/mol. The number of sulfone groups is 1. The first-order valence-corrected chi connectivity index (χ1v) is 15.1. The van der Waals surface area contributed by atoms with Crippen LogP contribution in [-0.4, -0.2) is 72.1 Å². The number of rotatable bonds is 6. The molecule has 3 aliphatic rings. The van der Waals surface area contributed by atoms with Crippen molar-refractivity contribution in [3.05, 3.63) is 62.5 Å². The van der Waals surface area contributed by atoms with E-state index in [0.717, 1.165) is 27.8 Å². The maximum absolute atomic E-state index is 14.5. The number of fused-ring (bicyclic) bond motifs is 1. The third kappa shape index (κ3) is 4.72. The van der Waals surface area contributed by atoms with Gasteiger partial charge >= 0.3 is 0 Å². The molecule has 0 bridgehead atoms. The quantitative estimate of drug-likeness (QED) is 0.500. The van der Waals surface area contributed by atoms with E-state index in [1.807, 2.05) is 24.3 Å². The second-order valence-electron chi connectivity index (χ2n) is 9.75. The second-order valence-corrected chi connectivity index (χ2v) is 13.6. The fourth-order valence-corrected chi connectivity index (χ4v) is 8.15. The first-order valence-electron chi connectivity index (χ1n) is 12.0. The molecule has 2 N–H and O–H groups in total. The minimum atomic E-state index is -4.42. The van der Waals surface area contributed by atoms with Gasteiger partial charge < -0.3 is 10.2 Å². The first kappa shape index (κ1) is 27.4. The molecule has 3 atom stereocenters. The summed E-state index contributed by atoms with van der Waals surface area (Å²) in [5, 5.41) is 5.82. The van der Waals surface area contributed by atoms with Crippen LogP contribution in [0.2, 0.25) is 10.0 Å². The summed E-state index contributed by atoms with van der Waals surface area (Å²) in [6.45, 7) is 0.860. The molecule has 1 saturated carbocycles. The van der Waals surface area contributed by atoms with Crippen LogP contribution in [0, 0.1) is 0 Å². The number of nitrogens with zero attached hydrogens (tertiary/aromatic N) is 2. The summed E-state index contributed by atoms with van der Waals surface area (Å²) in [5.41, 5.74) is 0.745. The standard InChI is InChI=1S/C25H25BrCl2N4O5S/c1-14(33)30-20-12-29-25(38(36,37)22-9-6-17(27)11-19(22)28)13-31(18-7-8-18)24(35)21(32(25)23(20)34)10-15-2-4-16(26)5-3-15/h2-6,9,11,18,20-21,29H,7-8,10,12-13H2,1H3,(H,30,33). The lowest BCUT2D eigenvalue weighted by atomic mass is 9.96. The number of amides is 3. The summed E-state index contributed by atoms with van der Waals surface area (Å²) in [5.74, 6) is -1.44. The minimum Gasteiger partial charge on any atom is -0.343 e. The van der Waals surface area contributed by atoms with Gasteiger partial charge in [0.2, 0.25) is 32.6 Å². The highest BCUT2D eigenvalue weighted by Gasteiger charge is 2.64. The summed E-state index contributed by atoms with van der Waals surface area (Å²) >= 11 is 15.8. The van der Waals surface area contributed by atoms with E-state index in [-0.39, 0.29) is 46.4 Å². The Balaban J connectivity index is 1.68. The lowest BCUT2D eigenvalue weighted by Crippen LogP contribution is -2.83. The Hall–Kier alpha value is -2.18. The van der Waals surface area contributed by atoms with Crippen molar-refractivity contribution in [3.8, 4) is 0 Å². The molecule has 2 saturated heterocycles. The Labute approximate surface area is 238 Å². The zero-order valence-corrected chi connectivity index (χ0v) is 24.2.